The first-order chi connectivity index (χ1) is 9.22. The lowest BCUT2D eigenvalue weighted by atomic mass is 10.1. The minimum atomic E-state index is -0.615. The zero-order chi connectivity index (χ0) is 14.1. The Hall–Kier alpha value is -2.28. The molecule has 0 N–H and O–H groups in total. The summed E-state index contributed by atoms with van der Waals surface area (Å²) in [6.45, 7) is 4.54. The van der Waals surface area contributed by atoms with Crippen molar-refractivity contribution in [1.82, 2.24) is 0 Å². The summed E-state index contributed by atoms with van der Waals surface area (Å²) < 4.78 is 10.4. The lowest BCUT2D eigenvalue weighted by Gasteiger charge is -2.08. The number of nitrogens with zero attached hydrogens (tertiary/aromatic N) is 1. The molecule has 0 aliphatic heterocycles. The molecular weight excluding hydrogens is 242 g/mol. The Morgan fingerprint density at radius 1 is 1.37 bits per heavy atom. The molecule has 1 aromatic rings. The van der Waals surface area contributed by atoms with Gasteiger partial charge in [0, 0.05) is 5.56 Å². The summed E-state index contributed by atoms with van der Waals surface area (Å²) in [7, 11) is 0. The van der Waals surface area contributed by atoms with E-state index in [1.165, 1.54) is 6.08 Å². The largest absolute Gasteiger partial charge is 0.493 e. The molecular formula is C15H17NO3. The van der Waals surface area contributed by atoms with Gasteiger partial charge in [-0.3, -0.25) is 0 Å². The van der Waals surface area contributed by atoms with Crippen LogP contribution in [-0.2, 0) is 9.53 Å². The van der Waals surface area contributed by atoms with Crippen LogP contribution in [0.25, 0.3) is 6.08 Å². The van der Waals surface area contributed by atoms with Crippen molar-refractivity contribution in [2.24, 2.45) is 0 Å². The molecule has 0 heterocycles. The van der Waals surface area contributed by atoms with E-state index in [1.807, 2.05) is 31.2 Å². The number of para-hydroxylation sites is 1. The summed E-state index contributed by atoms with van der Waals surface area (Å²) in [5.41, 5.74) is 0.662. The second kappa shape index (κ2) is 7.93. The van der Waals surface area contributed by atoms with Crippen molar-refractivity contribution >= 4 is 12.0 Å². The molecule has 100 valence electrons. The van der Waals surface area contributed by atoms with Gasteiger partial charge in [-0.25, -0.2) is 4.79 Å². The van der Waals surface area contributed by atoms with Crippen LogP contribution in [0.4, 0.5) is 0 Å². The topological polar surface area (TPSA) is 59.3 Å². The zero-order valence-corrected chi connectivity index (χ0v) is 11.2. The average molecular weight is 259 g/mol. The van der Waals surface area contributed by atoms with Crippen LogP contribution < -0.4 is 4.74 Å². The van der Waals surface area contributed by atoms with Gasteiger partial charge in [0.15, 0.2) is 0 Å². The molecule has 0 unspecified atom stereocenters. The first-order valence-electron chi connectivity index (χ1n) is 6.23. The van der Waals surface area contributed by atoms with Crippen LogP contribution >= 0.6 is 0 Å². The van der Waals surface area contributed by atoms with E-state index in [0.29, 0.717) is 17.9 Å². The number of hydrogen-bond acceptors (Lipinski definition) is 4. The second-order valence-electron chi connectivity index (χ2n) is 3.78. The average Bonchev–Trinajstić information content (AvgIpc) is 2.43. The van der Waals surface area contributed by atoms with E-state index in [0.717, 1.165) is 6.42 Å². The molecule has 1 rings (SSSR count). The summed E-state index contributed by atoms with van der Waals surface area (Å²) in [4.78, 5) is 11.6. The smallest absolute Gasteiger partial charge is 0.348 e. The fourth-order valence-corrected chi connectivity index (χ4v) is 1.44. The maximum Gasteiger partial charge on any atom is 0.348 e. The third-order valence-electron chi connectivity index (χ3n) is 2.30. The molecule has 0 saturated carbocycles. The molecule has 0 radical (unpaired) electrons. The number of ether oxygens (including phenoxy) is 2. The summed E-state index contributed by atoms with van der Waals surface area (Å²) >= 11 is 0. The number of carbonyl (C=O) groups excluding carboxylic acids is 1. The second-order valence-corrected chi connectivity index (χ2v) is 3.78. The molecule has 19 heavy (non-hydrogen) atoms. The quantitative estimate of drug-likeness (QED) is 0.447. The summed E-state index contributed by atoms with van der Waals surface area (Å²) in [5.74, 6) is 0.0386. The Morgan fingerprint density at radius 3 is 2.74 bits per heavy atom. The van der Waals surface area contributed by atoms with Crippen molar-refractivity contribution in [2.75, 3.05) is 13.2 Å². The fourth-order valence-electron chi connectivity index (χ4n) is 1.44. The molecule has 0 fully saturated rings. The van der Waals surface area contributed by atoms with Gasteiger partial charge in [0.2, 0.25) is 0 Å². The van der Waals surface area contributed by atoms with Crippen LogP contribution in [0.15, 0.2) is 29.8 Å². The van der Waals surface area contributed by atoms with Crippen LogP contribution in [0.5, 0.6) is 5.75 Å². The van der Waals surface area contributed by atoms with Gasteiger partial charge in [-0.2, -0.15) is 5.26 Å². The van der Waals surface area contributed by atoms with E-state index in [2.05, 4.69) is 0 Å². The van der Waals surface area contributed by atoms with Crippen LogP contribution in [-0.4, -0.2) is 19.2 Å². The van der Waals surface area contributed by atoms with Gasteiger partial charge in [0.05, 0.1) is 13.2 Å². The third kappa shape index (κ3) is 4.47. The van der Waals surface area contributed by atoms with Crippen LogP contribution in [0.1, 0.15) is 25.8 Å². The zero-order valence-electron chi connectivity index (χ0n) is 11.2. The van der Waals surface area contributed by atoms with Crippen molar-refractivity contribution < 1.29 is 14.3 Å². The molecule has 0 aromatic heterocycles. The molecule has 0 atom stereocenters. The molecule has 0 amide bonds. The molecule has 4 nitrogen and oxygen atoms in total. The van der Waals surface area contributed by atoms with Gasteiger partial charge < -0.3 is 9.47 Å². The first kappa shape index (κ1) is 14.8. The molecule has 0 saturated heterocycles. The number of rotatable bonds is 6. The molecule has 0 spiro atoms. The molecule has 0 aliphatic carbocycles. The monoisotopic (exact) mass is 259 g/mol. The number of carbonyl (C=O) groups is 1. The normalized spacial score (nSPS) is 10.7. The van der Waals surface area contributed by atoms with Gasteiger partial charge in [0.1, 0.15) is 17.4 Å². The minimum Gasteiger partial charge on any atom is -0.493 e. The Balaban J connectivity index is 3.01. The number of nitriles is 1. The van der Waals surface area contributed by atoms with Crippen LogP contribution in [0.3, 0.4) is 0 Å². The lowest BCUT2D eigenvalue weighted by Crippen LogP contribution is -2.06. The number of esters is 1. The van der Waals surface area contributed by atoms with Crippen molar-refractivity contribution in [3.63, 3.8) is 0 Å². The van der Waals surface area contributed by atoms with Crippen LogP contribution in [0, 0.1) is 11.3 Å². The molecule has 1 aromatic carbocycles. The van der Waals surface area contributed by atoms with Gasteiger partial charge >= 0.3 is 5.97 Å². The van der Waals surface area contributed by atoms with Gasteiger partial charge in [-0.15, -0.1) is 0 Å². The maximum atomic E-state index is 11.6. The first-order valence-corrected chi connectivity index (χ1v) is 6.23. The highest BCUT2D eigenvalue weighted by Gasteiger charge is 2.11. The highest BCUT2D eigenvalue weighted by atomic mass is 16.5. The number of benzene rings is 1. The van der Waals surface area contributed by atoms with Gasteiger partial charge in [-0.1, -0.05) is 25.1 Å². The molecule has 0 aliphatic rings. The van der Waals surface area contributed by atoms with Crippen molar-refractivity contribution in [3.8, 4) is 11.8 Å². The summed E-state index contributed by atoms with van der Waals surface area (Å²) in [6.07, 6.45) is 2.38. The predicted octanol–water partition coefficient (Wildman–Crippen LogP) is 2.95. The Morgan fingerprint density at radius 2 is 2.11 bits per heavy atom. The Bertz CT molecular complexity index is 500. The Labute approximate surface area is 113 Å². The lowest BCUT2D eigenvalue weighted by molar-refractivity contribution is -0.137. The van der Waals surface area contributed by atoms with Crippen molar-refractivity contribution in [1.29, 1.82) is 5.26 Å². The summed E-state index contributed by atoms with van der Waals surface area (Å²) in [5, 5.41) is 8.99. The SMILES string of the molecule is CCCOc1ccccc1C=C(C#N)C(=O)OCC. The van der Waals surface area contributed by atoms with E-state index >= 15 is 0 Å². The van der Waals surface area contributed by atoms with E-state index < -0.39 is 5.97 Å². The van der Waals surface area contributed by atoms with Crippen molar-refractivity contribution in [2.45, 2.75) is 20.3 Å². The van der Waals surface area contributed by atoms with Gasteiger partial charge in [-0.05, 0) is 25.5 Å². The molecule has 0 bridgehead atoms. The predicted molar refractivity (Wildman–Crippen MR) is 72.5 cm³/mol. The standard InChI is InChI=1S/C15H17NO3/c1-3-9-19-14-8-6-5-7-12(14)10-13(11-16)15(17)18-4-2/h5-8,10H,3-4,9H2,1-2H3. The summed E-state index contributed by atoms with van der Waals surface area (Å²) in [6, 6.07) is 9.12. The van der Waals surface area contributed by atoms with E-state index in [-0.39, 0.29) is 12.2 Å². The van der Waals surface area contributed by atoms with Crippen molar-refractivity contribution in [3.05, 3.63) is 35.4 Å². The highest BCUT2D eigenvalue weighted by Crippen LogP contribution is 2.21. The van der Waals surface area contributed by atoms with Crippen LogP contribution in [0.2, 0.25) is 0 Å². The van der Waals surface area contributed by atoms with E-state index in [4.69, 9.17) is 14.7 Å². The number of hydrogen-bond donors (Lipinski definition) is 0. The fraction of sp³-hybridized carbons (Fsp3) is 0.333. The highest BCUT2D eigenvalue weighted by molar-refractivity contribution is 5.98. The van der Waals surface area contributed by atoms with Gasteiger partial charge in [0.25, 0.3) is 0 Å². The minimum absolute atomic E-state index is 0.0330. The van der Waals surface area contributed by atoms with E-state index in [1.54, 1.807) is 13.0 Å². The Kier molecular flexibility index (Phi) is 6.17. The molecule has 4 heteroatoms. The third-order valence-corrected chi connectivity index (χ3v) is 2.30. The van der Waals surface area contributed by atoms with E-state index in [9.17, 15) is 4.79 Å². The maximum absolute atomic E-state index is 11.6.